The highest BCUT2D eigenvalue weighted by Gasteiger charge is 2.23. The Morgan fingerprint density at radius 3 is 2.63 bits per heavy atom. The summed E-state index contributed by atoms with van der Waals surface area (Å²) >= 11 is 0. The number of amides is 1. The van der Waals surface area contributed by atoms with E-state index in [1.807, 2.05) is 25.1 Å². The molecule has 1 aromatic rings. The topological polar surface area (TPSA) is 61.4 Å². The molecule has 6 heteroatoms. The Balaban J connectivity index is 2.28. The van der Waals surface area contributed by atoms with Crippen LogP contribution in [0.25, 0.3) is 0 Å². The van der Waals surface area contributed by atoms with Gasteiger partial charge in [-0.3, -0.25) is 4.79 Å². The molecule has 1 saturated heterocycles. The van der Waals surface area contributed by atoms with Crippen molar-refractivity contribution in [3.63, 3.8) is 0 Å². The average Bonchev–Trinajstić information content (AvgIpc) is 2.41. The second-order valence-electron chi connectivity index (χ2n) is 5.11. The predicted molar refractivity (Wildman–Crippen MR) is 75.5 cm³/mol. The third-order valence-corrected chi connectivity index (χ3v) is 3.28. The largest absolute Gasteiger partial charge is 0.373 e. The number of carbonyl (C=O) groups excluding carboxylic acids is 1. The standard InChI is InChI=1S/C13H21N5O/c1-9(2)13-15-10(14-3)7-11(16-13)18-6-5-17(4)12(19)8-18/h7,9H,5-6,8H2,1-4H3,(H,14,15,16). The van der Waals surface area contributed by atoms with E-state index in [9.17, 15) is 4.79 Å². The minimum Gasteiger partial charge on any atom is -0.373 e. The van der Waals surface area contributed by atoms with Crippen molar-refractivity contribution in [2.45, 2.75) is 19.8 Å². The molecule has 1 amide bonds. The monoisotopic (exact) mass is 263 g/mol. The van der Waals surface area contributed by atoms with Gasteiger partial charge >= 0.3 is 0 Å². The van der Waals surface area contributed by atoms with Crippen LogP contribution in [-0.2, 0) is 4.79 Å². The fourth-order valence-electron chi connectivity index (χ4n) is 1.95. The van der Waals surface area contributed by atoms with Crippen LogP contribution in [0.5, 0.6) is 0 Å². The number of carbonyl (C=O) groups is 1. The molecule has 2 rings (SSSR count). The van der Waals surface area contributed by atoms with Gasteiger partial charge in [-0.1, -0.05) is 13.8 Å². The number of nitrogens with zero attached hydrogens (tertiary/aromatic N) is 4. The van der Waals surface area contributed by atoms with Crippen LogP contribution in [-0.4, -0.2) is 54.5 Å². The smallest absolute Gasteiger partial charge is 0.241 e. The summed E-state index contributed by atoms with van der Waals surface area (Å²) in [4.78, 5) is 24.5. The minimum absolute atomic E-state index is 0.127. The van der Waals surface area contributed by atoms with Crippen LogP contribution in [0.2, 0.25) is 0 Å². The minimum atomic E-state index is 0.127. The lowest BCUT2D eigenvalue weighted by Crippen LogP contribution is -2.48. The number of nitrogens with one attached hydrogen (secondary N) is 1. The zero-order valence-corrected chi connectivity index (χ0v) is 12.0. The van der Waals surface area contributed by atoms with Gasteiger partial charge in [0.15, 0.2) is 0 Å². The van der Waals surface area contributed by atoms with Gasteiger partial charge in [0.05, 0.1) is 6.54 Å². The summed E-state index contributed by atoms with van der Waals surface area (Å²) in [5.41, 5.74) is 0. The van der Waals surface area contributed by atoms with Gasteiger partial charge in [0, 0.05) is 39.2 Å². The molecule has 1 N–H and O–H groups in total. The van der Waals surface area contributed by atoms with Crippen LogP contribution in [0.4, 0.5) is 11.6 Å². The van der Waals surface area contributed by atoms with Crippen LogP contribution in [0.15, 0.2) is 6.07 Å². The molecule has 1 fully saturated rings. The Morgan fingerprint density at radius 2 is 2.05 bits per heavy atom. The third-order valence-electron chi connectivity index (χ3n) is 3.28. The van der Waals surface area contributed by atoms with E-state index in [2.05, 4.69) is 29.1 Å². The maximum absolute atomic E-state index is 11.8. The number of rotatable bonds is 3. The average molecular weight is 263 g/mol. The zero-order valence-electron chi connectivity index (χ0n) is 12.0. The molecule has 0 radical (unpaired) electrons. The number of hydrogen-bond acceptors (Lipinski definition) is 5. The van der Waals surface area contributed by atoms with Crippen LogP contribution in [0.3, 0.4) is 0 Å². The van der Waals surface area contributed by atoms with Crippen molar-refractivity contribution >= 4 is 17.5 Å². The Morgan fingerprint density at radius 1 is 1.32 bits per heavy atom. The van der Waals surface area contributed by atoms with E-state index in [0.717, 1.165) is 30.5 Å². The first kappa shape index (κ1) is 13.6. The van der Waals surface area contributed by atoms with Crippen LogP contribution < -0.4 is 10.2 Å². The predicted octanol–water partition coefficient (Wildman–Crippen LogP) is 0.920. The van der Waals surface area contributed by atoms with Crippen molar-refractivity contribution < 1.29 is 4.79 Å². The highest BCUT2D eigenvalue weighted by Crippen LogP contribution is 2.20. The molecule has 0 aliphatic carbocycles. The molecule has 0 aromatic carbocycles. The van der Waals surface area contributed by atoms with Gasteiger partial charge in [-0.05, 0) is 0 Å². The van der Waals surface area contributed by atoms with E-state index < -0.39 is 0 Å². The van der Waals surface area contributed by atoms with Crippen molar-refractivity contribution in [3.05, 3.63) is 11.9 Å². The lowest BCUT2D eigenvalue weighted by atomic mass is 10.2. The first-order valence-electron chi connectivity index (χ1n) is 6.57. The molecule has 0 unspecified atom stereocenters. The van der Waals surface area contributed by atoms with Gasteiger partial charge in [0.2, 0.25) is 5.91 Å². The Hall–Kier alpha value is -1.85. The first-order chi connectivity index (χ1) is 9.01. The summed E-state index contributed by atoms with van der Waals surface area (Å²) in [6, 6.07) is 1.89. The maximum Gasteiger partial charge on any atom is 0.241 e. The number of hydrogen-bond donors (Lipinski definition) is 1. The lowest BCUT2D eigenvalue weighted by Gasteiger charge is -2.33. The van der Waals surface area contributed by atoms with E-state index in [4.69, 9.17) is 0 Å². The molecular weight excluding hydrogens is 242 g/mol. The van der Waals surface area contributed by atoms with Gasteiger partial charge in [0.1, 0.15) is 17.5 Å². The second kappa shape index (κ2) is 5.42. The quantitative estimate of drug-likeness (QED) is 0.878. The first-order valence-corrected chi connectivity index (χ1v) is 6.57. The number of aromatic nitrogens is 2. The Kier molecular flexibility index (Phi) is 3.87. The van der Waals surface area contributed by atoms with Crippen molar-refractivity contribution in [3.8, 4) is 0 Å². The Bertz CT molecular complexity index is 474. The highest BCUT2D eigenvalue weighted by molar-refractivity contribution is 5.82. The van der Waals surface area contributed by atoms with Gasteiger partial charge in [-0.15, -0.1) is 0 Å². The van der Waals surface area contributed by atoms with Gasteiger partial charge in [-0.25, -0.2) is 9.97 Å². The molecule has 1 aliphatic heterocycles. The van der Waals surface area contributed by atoms with Gasteiger partial charge in [0.25, 0.3) is 0 Å². The van der Waals surface area contributed by atoms with Crippen molar-refractivity contribution in [1.29, 1.82) is 0 Å². The van der Waals surface area contributed by atoms with Crippen molar-refractivity contribution in [2.24, 2.45) is 0 Å². The normalized spacial score (nSPS) is 16.2. The summed E-state index contributed by atoms with van der Waals surface area (Å²) < 4.78 is 0. The maximum atomic E-state index is 11.8. The van der Waals surface area contributed by atoms with Gasteiger partial charge < -0.3 is 15.1 Å². The second-order valence-corrected chi connectivity index (χ2v) is 5.11. The summed E-state index contributed by atoms with van der Waals surface area (Å²) in [7, 11) is 3.67. The van der Waals surface area contributed by atoms with E-state index in [1.54, 1.807) is 4.90 Å². The third kappa shape index (κ3) is 2.94. The summed E-state index contributed by atoms with van der Waals surface area (Å²) in [5.74, 6) is 2.80. The van der Waals surface area contributed by atoms with E-state index in [-0.39, 0.29) is 11.8 Å². The SMILES string of the molecule is CNc1cc(N2CCN(C)C(=O)C2)nc(C(C)C)n1. The molecule has 1 aromatic heterocycles. The molecule has 2 heterocycles. The van der Waals surface area contributed by atoms with Crippen molar-refractivity contribution in [1.82, 2.24) is 14.9 Å². The van der Waals surface area contributed by atoms with E-state index >= 15 is 0 Å². The molecule has 19 heavy (non-hydrogen) atoms. The highest BCUT2D eigenvalue weighted by atomic mass is 16.2. The number of likely N-dealkylation sites (N-methyl/N-ethyl adjacent to an activating group) is 1. The summed E-state index contributed by atoms with van der Waals surface area (Å²) in [5, 5.41) is 3.05. The molecule has 0 spiro atoms. The molecule has 6 nitrogen and oxygen atoms in total. The number of piperazine rings is 1. The molecule has 104 valence electrons. The lowest BCUT2D eigenvalue weighted by molar-refractivity contribution is -0.129. The summed E-state index contributed by atoms with van der Waals surface area (Å²) in [6.45, 7) is 6.05. The molecule has 0 atom stereocenters. The van der Waals surface area contributed by atoms with E-state index in [1.165, 1.54) is 0 Å². The summed E-state index contributed by atoms with van der Waals surface area (Å²) in [6.07, 6.45) is 0. The van der Waals surface area contributed by atoms with Crippen LogP contribution >= 0.6 is 0 Å². The van der Waals surface area contributed by atoms with Crippen LogP contribution in [0, 0.1) is 0 Å². The van der Waals surface area contributed by atoms with Crippen molar-refractivity contribution in [2.75, 3.05) is 43.9 Å². The number of anilines is 2. The molecular formula is C13H21N5O. The fraction of sp³-hybridized carbons (Fsp3) is 0.615. The van der Waals surface area contributed by atoms with E-state index in [0.29, 0.717) is 6.54 Å². The van der Waals surface area contributed by atoms with Gasteiger partial charge in [-0.2, -0.15) is 0 Å². The zero-order chi connectivity index (χ0) is 14.0. The molecule has 1 aliphatic rings. The molecule has 0 saturated carbocycles. The fourth-order valence-corrected chi connectivity index (χ4v) is 1.95. The molecule has 0 bridgehead atoms. The van der Waals surface area contributed by atoms with Crippen LogP contribution in [0.1, 0.15) is 25.6 Å². The Labute approximate surface area is 113 Å².